The molecule has 19 nitrogen and oxygen atoms in total. The standard InChI is InChI=1S/C24H24FN9.C23H25FN8O2S/c1-27-18-7-13(25)6-16-20-22(30-21(16)18)31-24(29-14-9-28-19-3-2-4-33(19)11-14)32-23(20)34-10-12-5-15(34)8-17(12)26;1-3-34-21(33)16-9-35-23(27-16)31-22-29-19-17(13-5-11(24)6-15(26-2)18(13)28-19)20(30-22)32-8-10-4-12(32)7-14(10)25/h2-4,6-7,9,11-12,15,17,27H,5,8,10,26H2,1H3,(H2,29,30,31,32);5-6,9-10,12,14,26H,3-4,7-8,25H2,1-2H3,(H2,27,28,29,30,31)/t12-,15-,17-;10-,12-,14-/m11/s1. The van der Waals surface area contributed by atoms with E-state index in [4.69, 9.17) is 31.2 Å². The van der Waals surface area contributed by atoms with Crippen LogP contribution in [0.2, 0.25) is 0 Å². The average Bonchev–Trinajstić information content (AvgIpc) is 4.21. The van der Waals surface area contributed by atoms with Crippen LogP contribution in [0.5, 0.6) is 0 Å². The van der Waals surface area contributed by atoms with Crippen LogP contribution in [-0.2, 0) is 4.74 Å². The molecule has 0 spiro atoms. The van der Waals surface area contributed by atoms with Crippen LogP contribution in [-0.4, -0.2) is 108 Å². The van der Waals surface area contributed by atoms with E-state index >= 15 is 0 Å². The molecule has 0 radical (unpaired) electrons. The normalized spacial score (nSPS) is 21.6. The molecule has 9 heterocycles. The Morgan fingerprint density at radius 1 is 0.812 bits per heavy atom. The molecule has 6 atom stereocenters. The molecule has 2 aliphatic heterocycles. The van der Waals surface area contributed by atoms with E-state index < -0.39 is 5.97 Å². The summed E-state index contributed by atoms with van der Waals surface area (Å²) in [5.41, 5.74) is 18.6. The Kier molecular flexibility index (Phi) is 10.4. The second-order valence-electron chi connectivity index (χ2n) is 18.2. The Morgan fingerprint density at radius 3 is 1.91 bits per heavy atom. The van der Waals surface area contributed by atoms with Gasteiger partial charge in [-0.3, -0.25) is 5.32 Å². The third kappa shape index (κ3) is 7.40. The van der Waals surface area contributed by atoms with Crippen LogP contribution in [0.1, 0.15) is 43.1 Å². The number of aromatic nitrogens is 9. The summed E-state index contributed by atoms with van der Waals surface area (Å²) in [7, 11) is 3.54. The molecule has 2 saturated carbocycles. The van der Waals surface area contributed by atoms with Gasteiger partial charge in [-0.2, -0.15) is 19.9 Å². The zero-order valence-corrected chi connectivity index (χ0v) is 38.7. The number of aromatic amines is 2. The lowest BCUT2D eigenvalue weighted by atomic mass is 10.0. The van der Waals surface area contributed by atoms with Crippen LogP contribution in [0.4, 0.5) is 54.5 Å². The molecule has 4 aliphatic rings. The van der Waals surface area contributed by atoms with Crippen molar-refractivity contribution in [1.82, 2.24) is 44.3 Å². The number of piperidine rings is 2. The van der Waals surface area contributed by atoms with E-state index in [1.807, 2.05) is 28.9 Å². The molecule has 7 aromatic heterocycles. The van der Waals surface area contributed by atoms with Gasteiger partial charge in [-0.25, -0.2) is 23.5 Å². The first-order chi connectivity index (χ1) is 33.5. The van der Waals surface area contributed by atoms with E-state index in [1.165, 1.54) is 29.5 Å². The topological polar surface area (TPSA) is 246 Å². The van der Waals surface area contributed by atoms with Crippen molar-refractivity contribution in [2.24, 2.45) is 23.3 Å². The van der Waals surface area contributed by atoms with Gasteiger partial charge in [0, 0.05) is 79.9 Å². The summed E-state index contributed by atoms with van der Waals surface area (Å²) in [5.74, 6) is 2.07. The number of nitrogens with zero attached hydrogens (tertiary/aromatic N) is 9. The van der Waals surface area contributed by atoms with Crippen LogP contribution in [0.25, 0.3) is 49.5 Å². The van der Waals surface area contributed by atoms with Crippen molar-refractivity contribution in [3.05, 3.63) is 77.7 Å². The van der Waals surface area contributed by atoms with E-state index in [0.717, 1.165) is 94.3 Å². The number of nitrogens with one attached hydrogen (secondary N) is 6. The molecule has 22 heteroatoms. The van der Waals surface area contributed by atoms with E-state index in [0.29, 0.717) is 57.6 Å². The first-order valence-corrected chi connectivity index (χ1v) is 24.0. The summed E-state index contributed by atoms with van der Waals surface area (Å²) in [6.07, 6.45) is 9.56. The fourth-order valence-electron chi connectivity index (χ4n) is 11.0. The van der Waals surface area contributed by atoms with Gasteiger partial charge in [0.05, 0.1) is 51.7 Å². The third-order valence-corrected chi connectivity index (χ3v) is 14.9. The number of nitrogens with two attached hydrogens (primary N) is 2. The molecule has 69 heavy (non-hydrogen) atoms. The number of benzene rings is 2. The van der Waals surface area contributed by atoms with E-state index in [-0.39, 0.29) is 42.1 Å². The molecule has 4 fully saturated rings. The summed E-state index contributed by atoms with van der Waals surface area (Å²) < 4.78 is 36.0. The average molecular weight is 954 g/mol. The number of rotatable bonds is 10. The van der Waals surface area contributed by atoms with Gasteiger partial charge < -0.3 is 56.3 Å². The highest BCUT2D eigenvalue weighted by atomic mass is 32.1. The monoisotopic (exact) mass is 953 g/mol. The van der Waals surface area contributed by atoms with Gasteiger partial charge in [-0.1, -0.05) is 0 Å². The molecule has 2 aromatic carbocycles. The number of carbonyl (C=O) groups is 1. The first kappa shape index (κ1) is 42.9. The maximum atomic E-state index is 14.5. The summed E-state index contributed by atoms with van der Waals surface area (Å²) in [4.78, 5) is 51.4. The maximum absolute atomic E-state index is 14.5. The second-order valence-corrected chi connectivity index (χ2v) is 19.1. The zero-order chi connectivity index (χ0) is 47.2. The van der Waals surface area contributed by atoms with Crippen LogP contribution < -0.4 is 42.5 Å². The molecule has 2 saturated heterocycles. The Bertz CT molecular complexity index is 3480. The SMILES string of the molecule is CCOC(=O)c1csc(Nc2nc(N3C[C@H]4C[C@@H]3C[C@H]4N)c3c(n2)[nH]c2c(NC)cc(F)cc23)n1.CNc1cc(F)cc2c1[nH]c1nc(Nc3cnc4cccn4c3)nc(N3C[C@H]4C[C@@H]3C[C@H]4N)c12. The molecule has 0 amide bonds. The number of fused-ring (bicyclic) bond motifs is 11. The van der Waals surface area contributed by atoms with Gasteiger partial charge in [0.25, 0.3) is 0 Å². The zero-order valence-electron chi connectivity index (χ0n) is 37.8. The molecule has 354 valence electrons. The van der Waals surface area contributed by atoms with Crippen molar-refractivity contribution in [2.45, 2.75) is 56.8 Å². The molecule has 10 N–H and O–H groups in total. The summed E-state index contributed by atoms with van der Waals surface area (Å²) in [5, 5.41) is 17.8. The van der Waals surface area contributed by atoms with Crippen molar-refractivity contribution in [3.8, 4) is 0 Å². The predicted molar refractivity (Wildman–Crippen MR) is 265 cm³/mol. The number of anilines is 8. The van der Waals surface area contributed by atoms with Crippen LogP contribution in [0.15, 0.2) is 60.4 Å². The lowest BCUT2D eigenvalue weighted by molar-refractivity contribution is 0.0520. The minimum Gasteiger partial charge on any atom is -0.461 e. The van der Waals surface area contributed by atoms with Gasteiger partial charge in [0.15, 0.2) is 10.8 Å². The van der Waals surface area contributed by atoms with Gasteiger partial charge in [-0.15, -0.1) is 11.3 Å². The van der Waals surface area contributed by atoms with E-state index in [2.05, 4.69) is 56.0 Å². The minimum absolute atomic E-state index is 0.194. The molecule has 13 rings (SSSR count). The lowest BCUT2D eigenvalue weighted by Gasteiger charge is -2.31. The summed E-state index contributed by atoms with van der Waals surface area (Å²) in [6.45, 7) is 3.66. The van der Waals surface area contributed by atoms with E-state index in [1.54, 1.807) is 38.7 Å². The van der Waals surface area contributed by atoms with Gasteiger partial charge in [0.2, 0.25) is 11.9 Å². The highest BCUT2D eigenvalue weighted by molar-refractivity contribution is 7.14. The smallest absolute Gasteiger partial charge is 0.357 e. The number of halogens is 2. The number of esters is 1. The number of thiazole rings is 1. The Morgan fingerprint density at radius 2 is 1.39 bits per heavy atom. The van der Waals surface area contributed by atoms with Crippen molar-refractivity contribution in [2.75, 3.05) is 64.9 Å². The number of hydrogen-bond acceptors (Lipinski definition) is 17. The molecule has 9 aromatic rings. The van der Waals surface area contributed by atoms with Crippen molar-refractivity contribution < 1.29 is 18.3 Å². The second kappa shape index (κ2) is 16.7. The minimum atomic E-state index is -0.476. The van der Waals surface area contributed by atoms with Crippen molar-refractivity contribution in [1.29, 1.82) is 0 Å². The maximum Gasteiger partial charge on any atom is 0.357 e. The van der Waals surface area contributed by atoms with Gasteiger partial charge in [-0.05, 0) is 80.8 Å². The van der Waals surface area contributed by atoms with Crippen LogP contribution >= 0.6 is 11.3 Å². The largest absolute Gasteiger partial charge is 0.461 e. The molecule has 0 unspecified atom stereocenters. The fourth-order valence-corrected chi connectivity index (χ4v) is 11.6. The van der Waals surface area contributed by atoms with E-state index in [9.17, 15) is 13.6 Å². The molecule has 4 bridgehead atoms. The van der Waals surface area contributed by atoms with Gasteiger partial charge in [0.1, 0.15) is 40.2 Å². The Labute approximate surface area is 396 Å². The van der Waals surface area contributed by atoms with Crippen LogP contribution in [0, 0.1) is 23.5 Å². The number of carbonyl (C=O) groups excluding carboxylic acids is 1. The first-order valence-electron chi connectivity index (χ1n) is 23.1. The number of hydrogen-bond donors (Lipinski definition) is 8. The highest BCUT2D eigenvalue weighted by Crippen LogP contribution is 2.46. The third-order valence-electron chi connectivity index (χ3n) is 14.1. The Hall–Kier alpha value is -7.43. The number of H-pyrrole nitrogens is 2. The van der Waals surface area contributed by atoms with Gasteiger partial charge >= 0.3 is 5.97 Å². The van der Waals surface area contributed by atoms with Crippen molar-refractivity contribution >= 4 is 113 Å². The summed E-state index contributed by atoms with van der Waals surface area (Å²) >= 11 is 1.26. The highest BCUT2D eigenvalue weighted by Gasteiger charge is 2.45. The van der Waals surface area contributed by atoms with Crippen LogP contribution in [0.3, 0.4) is 0 Å². The Balaban J connectivity index is 0.000000143. The van der Waals surface area contributed by atoms with Crippen molar-refractivity contribution in [3.63, 3.8) is 0 Å². The molecular formula is C47H49F2N17O2S. The molecular weight excluding hydrogens is 905 g/mol. The molecule has 2 aliphatic carbocycles. The fraction of sp³-hybridized carbons (Fsp3) is 0.340. The lowest BCUT2D eigenvalue weighted by Crippen LogP contribution is -2.41. The quantitative estimate of drug-likeness (QED) is 0.0632. The predicted octanol–water partition coefficient (Wildman–Crippen LogP) is 7.20. The number of ether oxygens (including phenoxy) is 1. The summed E-state index contributed by atoms with van der Waals surface area (Å²) in [6, 6.07) is 10.9.